The molecule has 0 radical (unpaired) electrons. The molecular weight excluding hydrogens is 737 g/mol. The Bertz CT molecular complexity index is 2970. The van der Waals surface area contributed by atoms with Crippen LogP contribution in [-0.4, -0.2) is 6.04 Å². The van der Waals surface area contributed by atoms with Crippen LogP contribution in [0.4, 0.5) is 22.7 Å². The van der Waals surface area contributed by atoms with Gasteiger partial charge in [0.25, 0.3) is 0 Å². The average molecular weight is 781 g/mol. The number of para-hydroxylation sites is 2. The summed E-state index contributed by atoms with van der Waals surface area (Å²) in [7, 11) is 0. The van der Waals surface area contributed by atoms with E-state index in [2.05, 4.69) is 252 Å². The zero-order chi connectivity index (χ0) is 40.8. The van der Waals surface area contributed by atoms with Crippen LogP contribution >= 0.6 is 0 Å². The fraction of sp³-hybridized carbons (Fsp3) is 0.0508. The predicted octanol–water partition coefficient (Wildman–Crippen LogP) is 15.2. The first kappa shape index (κ1) is 37.4. The minimum atomic E-state index is -0.0815. The molecule has 2 nitrogen and oxygen atoms in total. The van der Waals surface area contributed by atoms with Crippen LogP contribution < -0.4 is 9.80 Å². The van der Waals surface area contributed by atoms with E-state index in [1.54, 1.807) is 0 Å². The summed E-state index contributed by atoms with van der Waals surface area (Å²) in [6, 6.07) is 72.1. The number of benzene rings is 8. The van der Waals surface area contributed by atoms with Crippen molar-refractivity contribution in [2.45, 2.75) is 18.4 Å². The molecule has 0 N–H and O–H groups in total. The summed E-state index contributed by atoms with van der Waals surface area (Å²) in [5, 5.41) is 2.51. The molecule has 0 aromatic heterocycles. The minimum absolute atomic E-state index is 0.0815. The first-order valence-electron chi connectivity index (χ1n) is 21.1. The number of nitrogens with zero attached hydrogens (tertiary/aromatic N) is 2. The first-order valence-corrected chi connectivity index (χ1v) is 21.1. The molecule has 61 heavy (non-hydrogen) atoms. The SMILES string of the molecule is C1#CC(N(C2=CCC(c3ccccc3)C=C2)c2ccc(-c3ccc(-c4ccccc4N(c4ccccc4)c4ccc(-c5cccc6ccccc56)cc4)cc3)cc2)C=CC=C1. The Kier molecular flexibility index (Phi) is 10.5. The van der Waals surface area contributed by atoms with Gasteiger partial charge in [-0.3, -0.25) is 0 Å². The predicted molar refractivity (Wildman–Crippen MR) is 258 cm³/mol. The van der Waals surface area contributed by atoms with Gasteiger partial charge in [0.1, 0.15) is 6.04 Å². The fourth-order valence-corrected chi connectivity index (χ4v) is 8.65. The normalized spacial score (nSPS) is 15.4. The monoisotopic (exact) mass is 780 g/mol. The van der Waals surface area contributed by atoms with E-state index in [9.17, 15) is 0 Å². The van der Waals surface area contributed by atoms with Crippen LogP contribution in [0.3, 0.4) is 0 Å². The number of fused-ring (bicyclic) bond motifs is 1. The quantitative estimate of drug-likeness (QED) is 0.128. The van der Waals surface area contributed by atoms with Crippen molar-refractivity contribution in [1.29, 1.82) is 0 Å². The molecule has 0 saturated carbocycles. The van der Waals surface area contributed by atoms with Crippen LogP contribution in [0.2, 0.25) is 0 Å². The van der Waals surface area contributed by atoms with Crippen LogP contribution in [-0.2, 0) is 0 Å². The maximum absolute atomic E-state index is 3.46. The van der Waals surface area contributed by atoms with Gasteiger partial charge in [0.2, 0.25) is 0 Å². The molecule has 2 heteroatoms. The number of anilines is 4. The molecule has 290 valence electrons. The number of hydrogen-bond donors (Lipinski definition) is 0. The Morgan fingerprint density at radius 3 is 1.82 bits per heavy atom. The molecule has 10 rings (SSSR count). The second-order valence-corrected chi connectivity index (χ2v) is 15.5. The maximum atomic E-state index is 3.46. The summed E-state index contributed by atoms with van der Waals surface area (Å²) in [6.07, 6.45) is 16.1. The minimum Gasteiger partial charge on any atom is -0.324 e. The summed E-state index contributed by atoms with van der Waals surface area (Å²) in [4.78, 5) is 4.72. The molecule has 2 aliphatic carbocycles. The summed E-state index contributed by atoms with van der Waals surface area (Å²) >= 11 is 0. The van der Waals surface area contributed by atoms with Crippen molar-refractivity contribution in [3.63, 3.8) is 0 Å². The third kappa shape index (κ3) is 7.86. The molecule has 8 aromatic carbocycles. The average Bonchev–Trinajstić information content (AvgIpc) is 3.63. The van der Waals surface area contributed by atoms with Crippen molar-refractivity contribution in [2.24, 2.45) is 0 Å². The second-order valence-electron chi connectivity index (χ2n) is 15.5. The van der Waals surface area contributed by atoms with E-state index in [-0.39, 0.29) is 6.04 Å². The van der Waals surface area contributed by atoms with Crippen molar-refractivity contribution in [3.8, 4) is 45.2 Å². The highest BCUT2D eigenvalue weighted by molar-refractivity contribution is 5.97. The van der Waals surface area contributed by atoms with E-state index in [4.69, 9.17) is 0 Å². The highest BCUT2D eigenvalue weighted by Gasteiger charge is 2.22. The molecule has 0 amide bonds. The van der Waals surface area contributed by atoms with Crippen LogP contribution in [0.15, 0.2) is 248 Å². The fourth-order valence-electron chi connectivity index (χ4n) is 8.65. The van der Waals surface area contributed by atoms with E-state index < -0.39 is 0 Å². The topological polar surface area (TPSA) is 6.48 Å². The molecule has 0 fully saturated rings. The van der Waals surface area contributed by atoms with E-state index >= 15 is 0 Å². The molecule has 2 atom stereocenters. The number of allylic oxidation sites excluding steroid dienone is 6. The van der Waals surface area contributed by atoms with Gasteiger partial charge in [-0.2, -0.15) is 0 Å². The van der Waals surface area contributed by atoms with Gasteiger partial charge in [0.15, 0.2) is 0 Å². The molecular formula is C59H44N2. The lowest BCUT2D eigenvalue weighted by Crippen LogP contribution is -2.32. The Morgan fingerprint density at radius 1 is 0.459 bits per heavy atom. The van der Waals surface area contributed by atoms with Crippen LogP contribution in [0.25, 0.3) is 44.2 Å². The summed E-state index contributed by atoms with van der Waals surface area (Å²) < 4.78 is 0. The van der Waals surface area contributed by atoms with Gasteiger partial charge in [-0.05, 0) is 111 Å². The summed E-state index contributed by atoms with van der Waals surface area (Å²) in [5.41, 5.74) is 14.1. The van der Waals surface area contributed by atoms with Crippen molar-refractivity contribution in [3.05, 3.63) is 254 Å². The lowest BCUT2D eigenvalue weighted by atomic mass is 9.91. The van der Waals surface area contributed by atoms with Gasteiger partial charge < -0.3 is 9.80 Å². The van der Waals surface area contributed by atoms with E-state index in [1.165, 1.54) is 44.3 Å². The van der Waals surface area contributed by atoms with Gasteiger partial charge in [-0.15, -0.1) is 0 Å². The second kappa shape index (κ2) is 17.2. The van der Waals surface area contributed by atoms with Gasteiger partial charge in [-0.1, -0.05) is 194 Å². The number of hydrogen-bond acceptors (Lipinski definition) is 2. The molecule has 8 aromatic rings. The zero-order valence-electron chi connectivity index (χ0n) is 33.9. The van der Waals surface area contributed by atoms with Gasteiger partial charge in [0.05, 0.1) is 5.69 Å². The molecule has 0 aliphatic heterocycles. The third-order valence-corrected chi connectivity index (χ3v) is 11.7. The lowest BCUT2D eigenvalue weighted by molar-refractivity contribution is 0.820. The summed E-state index contributed by atoms with van der Waals surface area (Å²) in [6.45, 7) is 0. The van der Waals surface area contributed by atoms with Crippen molar-refractivity contribution in [1.82, 2.24) is 0 Å². The molecule has 0 bridgehead atoms. The lowest BCUT2D eigenvalue weighted by Gasteiger charge is -2.32. The molecule has 2 unspecified atom stereocenters. The maximum Gasteiger partial charge on any atom is 0.114 e. The molecule has 2 aliphatic rings. The van der Waals surface area contributed by atoms with Crippen LogP contribution in [0.5, 0.6) is 0 Å². The first-order chi connectivity index (χ1) is 30.3. The molecule has 0 heterocycles. The van der Waals surface area contributed by atoms with Crippen LogP contribution in [0.1, 0.15) is 17.9 Å². The van der Waals surface area contributed by atoms with Crippen molar-refractivity contribution in [2.75, 3.05) is 9.80 Å². The van der Waals surface area contributed by atoms with Gasteiger partial charge in [-0.25, -0.2) is 0 Å². The largest absolute Gasteiger partial charge is 0.324 e. The zero-order valence-corrected chi connectivity index (χ0v) is 33.9. The molecule has 0 spiro atoms. The van der Waals surface area contributed by atoms with Crippen LogP contribution in [0, 0.1) is 11.8 Å². The van der Waals surface area contributed by atoms with Gasteiger partial charge in [0, 0.05) is 34.2 Å². The molecule has 0 saturated heterocycles. The highest BCUT2D eigenvalue weighted by atomic mass is 15.2. The standard InChI is InChI=1S/C59H44N2/c1-2-8-21-51(20-7-1)60(53-38-32-46(33-39-53)44-16-5-3-6-17-44)54-40-34-47(35-41-54)45-28-30-50(31-29-45)58-25-13-14-27-59(58)61(52-22-9-4-10-23-52)55-42-36-49(37-43-55)57-26-15-19-48-18-11-12-24-56(48)57/h1-7,9-20,22-32,34-43,46,51H,33H2. The Balaban J connectivity index is 0.936. The third-order valence-electron chi connectivity index (χ3n) is 11.7. The summed E-state index contributed by atoms with van der Waals surface area (Å²) in [5.74, 6) is 7.06. The van der Waals surface area contributed by atoms with Crippen molar-refractivity contribution < 1.29 is 0 Å². The van der Waals surface area contributed by atoms with E-state index in [0.29, 0.717) is 5.92 Å². The van der Waals surface area contributed by atoms with E-state index in [0.717, 1.165) is 40.3 Å². The highest BCUT2D eigenvalue weighted by Crippen LogP contribution is 2.42. The smallest absolute Gasteiger partial charge is 0.114 e. The Hall–Kier alpha value is -7.86. The van der Waals surface area contributed by atoms with Gasteiger partial charge >= 0.3 is 0 Å². The Labute approximate surface area is 359 Å². The number of rotatable bonds is 10. The van der Waals surface area contributed by atoms with Crippen molar-refractivity contribution >= 4 is 33.5 Å². The van der Waals surface area contributed by atoms with E-state index in [1.807, 2.05) is 12.2 Å². The Morgan fingerprint density at radius 2 is 1.05 bits per heavy atom.